The van der Waals surface area contributed by atoms with Crippen LogP contribution < -0.4 is 14.4 Å². The van der Waals surface area contributed by atoms with Crippen molar-refractivity contribution in [1.29, 1.82) is 0 Å². The third-order valence-electron chi connectivity index (χ3n) is 4.07. The molecule has 1 aliphatic rings. The van der Waals surface area contributed by atoms with E-state index < -0.39 is 17.1 Å². The molecule has 2 aromatic rings. The van der Waals surface area contributed by atoms with Gasteiger partial charge in [-0.15, -0.1) is 0 Å². The zero-order valence-electron chi connectivity index (χ0n) is 16.5. The maximum absolute atomic E-state index is 12.8. The lowest BCUT2D eigenvalue weighted by atomic mass is 10.1. The lowest BCUT2D eigenvalue weighted by Gasteiger charge is -2.14. The normalized spacial score (nSPS) is 14.8. The molecule has 2 amide bonds. The topological polar surface area (TPSA) is 82.1 Å². The summed E-state index contributed by atoms with van der Waals surface area (Å²) < 4.78 is 15.5. The van der Waals surface area contributed by atoms with Crippen molar-refractivity contribution in [2.45, 2.75) is 6.92 Å². The maximum Gasteiger partial charge on any atom is 0.343 e. The highest BCUT2D eigenvalue weighted by molar-refractivity contribution is 8.19. The number of hydrogen-bond acceptors (Lipinski definition) is 7. The molecule has 0 spiro atoms. The Hall–Kier alpha value is -2.68. The van der Waals surface area contributed by atoms with Crippen molar-refractivity contribution in [1.82, 2.24) is 0 Å². The molecule has 0 bridgehead atoms. The molecular weight excluding hydrogens is 465 g/mol. The highest BCUT2D eigenvalue weighted by atomic mass is 35.5. The smallest absolute Gasteiger partial charge is 0.343 e. The van der Waals surface area contributed by atoms with Crippen LogP contribution >= 0.6 is 35.0 Å². The van der Waals surface area contributed by atoms with Gasteiger partial charge < -0.3 is 14.2 Å². The fourth-order valence-corrected chi connectivity index (χ4v) is 3.94. The summed E-state index contributed by atoms with van der Waals surface area (Å²) in [6.07, 6.45) is 1.54. The number of nitrogens with zero attached hydrogens (tertiary/aromatic N) is 1. The summed E-state index contributed by atoms with van der Waals surface area (Å²) >= 11 is 13.0. The number of amides is 2. The fraction of sp³-hybridized carbons (Fsp3) is 0.190. The van der Waals surface area contributed by atoms with Gasteiger partial charge in [-0.3, -0.25) is 9.59 Å². The highest BCUT2D eigenvalue weighted by Gasteiger charge is 2.36. The van der Waals surface area contributed by atoms with Gasteiger partial charge in [-0.1, -0.05) is 23.2 Å². The Morgan fingerprint density at radius 2 is 1.84 bits per heavy atom. The Labute approximate surface area is 192 Å². The van der Waals surface area contributed by atoms with Crippen LogP contribution in [0.4, 0.5) is 10.5 Å². The second-order valence-corrected chi connectivity index (χ2v) is 7.96. The van der Waals surface area contributed by atoms with E-state index in [1.165, 1.54) is 7.11 Å². The SMILES string of the molecule is CCOc1cc(/C=C2/SC(=O)N(c3ccc(Cl)cc3)C2=O)cc(Cl)c1OCC(=O)OC. The summed E-state index contributed by atoms with van der Waals surface area (Å²) in [5.74, 6) is -0.557. The predicted octanol–water partition coefficient (Wildman–Crippen LogP) is 5.18. The van der Waals surface area contributed by atoms with Gasteiger partial charge in [0, 0.05) is 5.02 Å². The summed E-state index contributed by atoms with van der Waals surface area (Å²) in [7, 11) is 1.25. The van der Waals surface area contributed by atoms with Crippen molar-refractivity contribution in [2.24, 2.45) is 0 Å². The Morgan fingerprint density at radius 3 is 2.48 bits per heavy atom. The number of thioether (sulfide) groups is 1. The van der Waals surface area contributed by atoms with Gasteiger partial charge in [-0.25, -0.2) is 9.69 Å². The van der Waals surface area contributed by atoms with Crippen LogP contribution in [0.1, 0.15) is 12.5 Å². The molecule has 7 nitrogen and oxygen atoms in total. The molecule has 10 heteroatoms. The van der Waals surface area contributed by atoms with E-state index in [4.69, 9.17) is 32.7 Å². The van der Waals surface area contributed by atoms with Crippen molar-refractivity contribution in [2.75, 3.05) is 25.2 Å². The van der Waals surface area contributed by atoms with Gasteiger partial charge >= 0.3 is 5.97 Å². The number of benzene rings is 2. The van der Waals surface area contributed by atoms with Gasteiger partial charge in [0.25, 0.3) is 11.1 Å². The van der Waals surface area contributed by atoms with Crippen LogP contribution in [0.15, 0.2) is 41.3 Å². The number of carbonyl (C=O) groups excluding carboxylic acids is 3. The summed E-state index contributed by atoms with van der Waals surface area (Å²) in [4.78, 5) is 37.9. The molecule has 31 heavy (non-hydrogen) atoms. The highest BCUT2D eigenvalue weighted by Crippen LogP contribution is 2.40. The number of esters is 1. The van der Waals surface area contributed by atoms with E-state index in [0.29, 0.717) is 28.6 Å². The Morgan fingerprint density at radius 1 is 1.13 bits per heavy atom. The third-order valence-corrected chi connectivity index (χ3v) is 5.47. The molecule has 0 aliphatic carbocycles. The molecule has 162 valence electrons. The van der Waals surface area contributed by atoms with Crippen molar-refractivity contribution in [3.8, 4) is 11.5 Å². The van der Waals surface area contributed by atoms with E-state index in [1.54, 1.807) is 49.4 Å². The quantitative estimate of drug-likeness (QED) is 0.397. The van der Waals surface area contributed by atoms with Crippen LogP contribution in [0.5, 0.6) is 11.5 Å². The molecule has 0 aromatic heterocycles. The number of rotatable bonds is 7. The largest absolute Gasteiger partial charge is 0.490 e. The standard InChI is InChI=1S/C21H17Cl2NO6S/c1-3-29-16-9-12(8-15(23)19(16)30-11-18(25)28-2)10-17-20(26)24(21(27)31-17)14-6-4-13(22)5-7-14/h4-10H,3,11H2,1-2H3/b17-10+. The average Bonchev–Trinajstić information content (AvgIpc) is 3.01. The molecule has 1 fully saturated rings. The fourth-order valence-electron chi connectivity index (χ4n) is 2.70. The first-order valence-corrected chi connectivity index (χ1v) is 10.6. The van der Waals surface area contributed by atoms with Crippen LogP contribution in [0.3, 0.4) is 0 Å². The van der Waals surface area contributed by atoms with Crippen molar-refractivity contribution < 1.29 is 28.6 Å². The predicted molar refractivity (Wildman–Crippen MR) is 120 cm³/mol. The van der Waals surface area contributed by atoms with Crippen LogP contribution in [-0.2, 0) is 14.3 Å². The Kier molecular flexibility index (Phi) is 7.48. The molecule has 0 radical (unpaired) electrons. The second kappa shape index (κ2) is 10.1. The van der Waals surface area contributed by atoms with Crippen LogP contribution in [-0.4, -0.2) is 37.4 Å². The van der Waals surface area contributed by atoms with E-state index >= 15 is 0 Å². The minimum Gasteiger partial charge on any atom is -0.490 e. The molecule has 0 unspecified atom stereocenters. The minimum atomic E-state index is -0.571. The molecular formula is C21H17Cl2NO6S. The molecule has 1 aliphatic heterocycles. The lowest BCUT2D eigenvalue weighted by molar-refractivity contribution is -0.142. The Bertz CT molecular complexity index is 1050. The number of halogens is 2. The maximum atomic E-state index is 12.8. The first-order valence-electron chi connectivity index (χ1n) is 9.03. The van der Waals surface area contributed by atoms with Gasteiger partial charge in [-0.05, 0) is 66.7 Å². The Balaban J connectivity index is 1.90. The number of methoxy groups -OCH3 is 1. The first-order chi connectivity index (χ1) is 14.8. The molecule has 0 atom stereocenters. The first kappa shape index (κ1) is 23.0. The third kappa shape index (κ3) is 5.33. The van der Waals surface area contributed by atoms with Crippen LogP contribution in [0.2, 0.25) is 10.0 Å². The molecule has 0 saturated carbocycles. The van der Waals surface area contributed by atoms with E-state index in [0.717, 1.165) is 16.7 Å². The van der Waals surface area contributed by atoms with Gasteiger partial charge in [0.2, 0.25) is 0 Å². The number of ether oxygens (including phenoxy) is 3. The van der Waals surface area contributed by atoms with Crippen molar-refractivity contribution in [3.05, 3.63) is 56.9 Å². The number of anilines is 1. The molecule has 1 saturated heterocycles. The summed E-state index contributed by atoms with van der Waals surface area (Å²) in [6.45, 7) is 1.76. The van der Waals surface area contributed by atoms with Gasteiger partial charge in [-0.2, -0.15) is 0 Å². The molecule has 2 aromatic carbocycles. The summed E-state index contributed by atoms with van der Waals surface area (Å²) in [5, 5.41) is 0.254. The number of imide groups is 1. The van der Waals surface area contributed by atoms with E-state index in [-0.39, 0.29) is 22.3 Å². The van der Waals surface area contributed by atoms with E-state index in [2.05, 4.69) is 4.74 Å². The van der Waals surface area contributed by atoms with Gasteiger partial charge in [0.15, 0.2) is 18.1 Å². The van der Waals surface area contributed by atoms with Gasteiger partial charge in [0.1, 0.15) is 0 Å². The van der Waals surface area contributed by atoms with Crippen LogP contribution in [0.25, 0.3) is 6.08 Å². The molecule has 0 N–H and O–H groups in total. The zero-order valence-corrected chi connectivity index (χ0v) is 18.8. The van der Waals surface area contributed by atoms with Crippen molar-refractivity contribution >= 4 is 63.8 Å². The van der Waals surface area contributed by atoms with E-state index in [1.807, 2.05) is 0 Å². The molecule has 3 rings (SSSR count). The zero-order chi connectivity index (χ0) is 22.5. The van der Waals surface area contributed by atoms with Crippen LogP contribution in [0, 0.1) is 0 Å². The number of hydrogen-bond donors (Lipinski definition) is 0. The second-order valence-electron chi connectivity index (χ2n) is 6.12. The summed E-state index contributed by atoms with van der Waals surface area (Å²) in [6, 6.07) is 9.56. The number of carbonyl (C=O) groups is 3. The molecule has 1 heterocycles. The summed E-state index contributed by atoms with van der Waals surface area (Å²) in [5.41, 5.74) is 0.954. The average molecular weight is 482 g/mol. The van der Waals surface area contributed by atoms with Gasteiger partial charge in [0.05, 0.1) is 29.3 Å². The van der Waals surface area contributed by atoms with Crippen molar-refractivity contribution in [3.63, 3.8) is 0 Å². The monoisotopic (exact) mass is 481 g/mol. The van der Waals surface area contributed by atoms with E-state index in [9.17, 15) is 14.4 Å². The lowest BCUT2D eigenvalue weighted by Crippen LogP contribution is -2.27. The minimum absolute atomic E-state index is 0.179.